The Morgan fingerprint density at radius 2 is 2.67 bits per heavy atom. The molecule has 2 unspecified atom stereocenters. The number of fused-ring (bicyclic) bond motifs is 1. The van der Waals surface area contributed by atoms with Gasteiger partial charge in [0.2, 0.25) is 0 Å². The third-order valence-electron chi connectivity index (χ3n) is 2.80. The first-order valence-corrected chi connectivity index (χ1v) is 6.83. The molecule has 2 heterocycles. The molecule has 2 aliphatic rings. The number of hydrogen-bond acceptors (Lipinski definition) is 5. The summed E-state index contributed by atoms with van der Waals surface area (Å²) < 4.78 is 10.8. The quantitative estimate of drug-likeness (QED) is 0.566. The fourth-order valence-corrected chi connectivity index (χ4v) is 3.19. The van der Waals surface area contributed by atoms with E-state index in [-0.39, 0.29) is 18.0 Å². The summed E-state index contributed by atoms with van der Waals surface area (Å²) >= 11 is 1.62. The van der Waals surface area contributed by atoms with Crippen LogP contribution >= 0.6 is 11.8 Å². The number of allylic oxidation sites excluding steroid dienone is 1. The minimum atomic E-state index is -0.537. The molecule has 2 aliphatic heterocycles. The highest BCUT2D eigenvalue weighted by Crippen LogP contribution is 2.41. The van der Waals surface area contributed by atoms with Crippen molar-refractivity contribution < 1.29 is 14.3 Å². The van der Waals surface area contributed by atoms with Crippen LogP contribution in [-0.2, 0) is 14.3 Å². The Balaban J connectivity index is 2.12. The SMILES string of the molecule is C=CCCC1=NC2(COC(C)=O)C=CCOC2S1. The van der Waals surface area contributed by atoms with Crippen molar-refractivity contribution in [2.75, 3.05) is 13.2 Å². The van der Waals surface area contributed by atoms with Gasteiger partial charge in [-0.25, -0.2) is 0 Å². The van der Waals surface area contributed by atoms with Gasteiger partial charge < -0.3 is 9.47 Å². The van der Waals surface area contributed by atoms with Crippen LogP contribution < -0.4 is 0 Å². The molecule has 0 aromatic heterocycles. The van der Waals surface area contributed by atoms with E-state index in [1.54, 1.807) is 11.8 Å². The fraction of sp³-hybridized carbons (Fsp3) is 0.538. The van der Waals surface area contributed by atoms with Gasteiger partial charge in [0, 0.05) is 6.92 Å². The zero-order valence-electron chi connectivity index (χ0n) is 10.4. The molecule has 0 saturated carbocycles. The average molecular weight is 267 g/mol. The zero-order chi connectivity index (χ0) is 13.0. The Hall–Kier alpha value is -1.07. The highest BCUT2D eigenvalue weighted by Gasteiger charge is 2.46. The number of thioether (sulfide) groups is 1. The average Bonchev–Trinajstić information content (AvgIpc) is 2.72. The van der Waals surface area contributed by atoms with Crippen molar-refractivity contribution in [1.29, 1.82) is 0 Å². The lowest BCUT2D eigenvalue weighted by Crippen LogP contribution is -2.43. The predicted octanol–water partition coefficient (Wildman–Crippen LogP) is 2.31. The molecule has 0 aromatic carbocycles. The van der Waals surface area contributed by atoms with Crippen LogP contribution in [0.3, 0.4) is 0 Å². The zero-order valence-corrected chi connectivity index (χ0v) is 11.2. The first kappa shape index (κ1) is 13.4. The normalized spacial score (nSPS) is 29.6. The number of hydrogen-bond donors (Lipinski definition) is 0. The van der Waals surface area contributed by atoms with E-state index < -0.39 is 5.54 Å². The van der Waals surface area contributed by atoms with Gasteiger partial charge in [-0.3, -0.25) is 9.79 Å². The van der Waals surface area contributed by atoms with E-state index in [1.807, 2.05) is 18.2 Å². The van der Waals surface area contributed by atoms with Gasteiger partial charge in [-0.2, -0.15) is 0 Å². The van der Waals surface area contributed by atoms with Gasteiger partial charge in [0.25, 0.3) is 0 Å². The molecule has 0 radical (unpaired) electrons. The van der Waals surface area contributed by atoms with E-state index >= 15 is 0 Å². The molecule has 0 bridgehead atoms. The van der Waals surface area contributed by atoms with E-state index in [1.165, 1.54) is 6.92 Å². The summed E-state index contributed by atoms with van der Waals surface area (Å²) in [6.07, 6.45) is 7.56. The topological polar surface area (TPSA) is 47.9 Å². The van der Waals surface area contributed by atoms with Crippen LogP contribution in [0.2, 0.25) is 0 Å². The van der Waals surface area contributed by atoms with Crippen LogP contribution in [0.5, 0.6) is 0 Å². The molecule has 4 nitrogen and oxygen atoms in total. The van der Waals surface area contributed by atoms with Gasteiger partial charge in [-0.05, 0) is 12.8 Å². The molecule has 0 aliphatic carbocycles. The largest absolute Gasteiger partial charge is 0.463 e. The van der Waals surface area contributed by atoms with Crippen LogP contribution in [0.1, 0.15) is 19.8 Å². The summed E-state index contributed by atoms with van der Waals surface area (Å²) in [5.41, 5.74) is -0.618. The van der Waals surface area contributed by atoms with Crippen molar-refractivity contribution in [2.24, 2.45) is 4.99 Å². The van der Waals surface area contributed by atoms with E-state index in [9.17, 15) is 4.79 Å². The first-order chi connectivity index (χ1) is 8.66. The first-order valence-electron chi connectivity index (χ1n) is 5.95. The minimum Gasteiger partial charge on any atom is -0.463 e. The van der Waals surface area contributed by atoms with Crippen LogP contribution in [-0.4, -0.2) is 35.2 Å². The van der Waals surface area contributed by atoms with Crippen molar-refractivity contribution in [3.63, 3.8) is 0 Å². The number of carbonyl (C=O) groups excluding carboxylic acids is 1. The van der Waals surface area contributed by atoms with Gasteiger partial charge in [0.05, 0.1) is 11.7 Å². The number of ether oxygens (including phenoxy) is 2. The van der Waals surface area contributed by atoms with Crippen molar-refractivity contribution in [3.05, 3.63) is 24.8 Å². The maximum absolute atomic E-state index is 11.0. The van der Waals surface area contributed by atoms with E-state index in [0.717, 1.165) is 17.9 Å². The van der Waals surface area contributed by atoms with Crippen molar-refractivity contribution in [3.8, 4) is 0 Å². The molecular formula is C13H17NO3S. The molecule has 2 atom stereocenters. The lowest BCUT2D eigenvalue weighted by atomic mass is 10.0. The minimum absolute atomic E-state index is 0.0818. The maximum Gasteiger partial charge on any atom is 0.302 e. The summed E-state index contributed by atoms with van der Waals surface area (Å²) in [4.78, 5) is 15.7. The van der Waals surface area contributed by atoms with Crippen LogP contribution in [0.15, 0.2) is 29.8 Å². The van der Waals surface area contributed by atoms with Crippen LogP contribution in [0.25, 0.3) is 0 Å². The molecule has 0 N–H and O–H groups in total. The number of nitrogens with zero attached hydrogens (tertiary/aromatic N) is 1. The Kier molecular flexibility index (Phi) is 4.24. The molecular weight excluding hydrogens is 250 g/mol. The van der Waals surface area contributed by atoms with E-state index in [4.69, 9.17) is 14.5 Å². The maximum atomic E-state index is 11.0. The third kappa shape index (κ3) is 2.84. The number of aliphatic imine (C=N–C) groups is 1. The van der Waals surface area contributed by atoms with Crippen molar-refractivity contribution in [2.45, 2.75) is 30.7 Å². The second-order valence-corrected chi connectivity index (χ2v) is 5.42. The van der Waals surface area contributed by atoms with E-state index in [2.05, 4.69) is 6.58 Å². The fourth-order valence-electron chi connectivity index (χ4n) is 1.93. The number of rotatable bonds is 5. The highest BCUT2D eigenvalue weighted by atomic mass is 32.2. The number of carbonyl (C=O) groups is 1. The van der Waals surface area contributed by atoms with Crippen molar-refractivity contribution >= 4 is 22.8 Å². The summed E-state index contributed by atoms with van der Waals surface area (Å²) in [5, 5.41) is 1.04. The summed E-state index contributed by atoms with van der Waals surface area (Å²) in [6.45, 7) is 5.95. The molecule has 98 valence electrons. The summed E-state index contributed by atoms with van der Waals surface area (Å²) in [5.74, 6) is -0.290. The molecule has 0 amide bonds. The van der Waals surface area contributed by atoms with Crippen LogP contribution in [0.4, 0.5) is 0 Å². The van der Waals surface area contributed by atoms with Gasteiger partial charge >= 0.3 is 5.97 Å². The standard InChI is InChI=1S/C13H17NO3S/c1-3-4-6-11-14-13(9-17-10(2)15)7-5-8-16-12(13)18-11/h3,5,7,12H,1,4,6,8-9H2,2H3. The molecule has 0 saturated heterocycles. The van der Waals surface area contributed by atoms with Gasteiger partial charge in [-0.1, -0.05) is 30.0 Å². The lowest BCUT2D eigenvalue weighted by Gasteiger charge is -2.31. The lowest BCUT2D eigenvalue weighted by molar-refractivity contribution is -0.143. The molecule has 0 spiro atoms. The van der Waals surface area contributed by atoms with Crippen LogP contribution in [0, 0.1) is 0 Å². The van der Waals surface area contributed by atoms with E-state index in [0.29, 0.717) is 6.61 Å². The van der Waals surface area contributed by atoms with Gasteiger partial charge in [0.1, 0.15) is 17.6 Å². The molecule has 0 aromatic rings. The molecule has 2 rings (SSSR count). The predicted molar refractivity (Wildman–Crippen MR) is 72.7 cm³/mol. The summed E-state index contributed by atoms with van der Waals surface area (Å²) in [7, 11) is 0. The highest BCUT2D eigenvalue weighted by molar-refractivity contribution is 8.14. The summed E-state index contributed by atoms with van der Waals surface area (Å²) in [6, 6.07) is 0. The second-order valence-electron chi connectivity index (χ2n) is 4.29. The third-order valence-corrected chi connectivity index (χ3v) is 4.13. The molecule has 0 fully saturated rings. The van der Waals surface area contributed by atoms with Gasteiger partial charge in [0.15, 0.2) is 0 Å². The molecule has 18 heavy (non-hydrogen) atoms. The Morgan fingerprint density at radius 3 is 3.39 bits per heavy atom. The molecule has 5 heteroatoms. The van der Waals surface area contributed by atoms with Gasteiger partial charge in [-0.15, -0.1) is 6.58 Å². The Labute approximate surface area is 111 Å². The monoisotopic (exact) mass is 267 g/mol. The Morgan fingerprint density at radius 1 is 1.83 bits per heavy atom. The number of esters is 1. The smallest absolute Gasteiger partial charge is 0.302 e. The Bertz CT molecular complexity index is 405. The van der Waals surface area contributed by atoms with Crippen molar-refractivity contribution in [1.82, 2.24) is 0 Å². The second kappa shape index (κ2) is 5.71.